The molecule has 0 aliphatic rings. The van der Waals surface area contributed by atoms with Gasteiger partial charge in [0.05, 0.1) is 12.0 Å². The molecule has 11 heteroatoms. The number of methoxy groups -OCH3 is 1. The fourth-order valence-corrected chi connectivity index (χ4v) is 4.24. The van der Waals surface area contributed by atoms with E-state index in [2.05, 4.69) is 9.97 Å². The first-order chi connectivity index (χ1) is 15.8. The van der Waals surface area contributed by atoms with Gasteiger partial charge in [-0.05, 0) is 29.8 Å². The third-order valence-electron chi connectivity index (χ3n) is 5.14. The maximum absolute atomic E-state index is 12.9. The van der Waals surface area contributed by atoms with E-state index in [4.69, 9.17) is 4.74 Å². The second kappa shape index (κ2) is 8.87. The van der Waals surface area contributed by atoms with Gasteiger partial charge in [0.1, 0.15) is 16.2 Å². The van der Waals surface area contributed by atoms with Crippen molar-refractivity contribution in [3.05, 3.63) is 85.0 Å². The van der Waals surface area contributed by atoms with Crippen LogP contribution in [0.2, 0.25) is 0 Å². The highest BCUT2D eigenvalue weighted by molar-refractivity contribution is 7.98. The third-order valence-corrected chi connectivity index (χ3v) is 6.18. The third kappa shape index (κ3) is 4.22. The number of ether oxygens (including phenoxy) is 1. The molecule has 0 spiro atoms. The van der Waals surface area contributed by atoms with Crippen molar-refractivity contribution in [3.8, 4) is 17.1 Å². The number of nitro benzene ring substituents is 1. The summed E-state index contributed by atoms with van der Waals surface area (Å²) in [6, 6.07) is 13.3. The van der Waals surface area contributed by atoms with E-state index in [1.54, 1.807) is 50.6 Å². The summed E-state index contributed by atoms with van der Waals surface area (Å²) >= 11 is 1.30. The topological polar surface area (TPSA) is 122 Å². The lowest BCUT2D eigenvalue weighted by atomic mass is 10.2. The van der Waals surface area contributed by atoms with E-state index in [1.807, 2.05) is 0 Å². The van der Waals surface area contributed by atoms with Gasteiger partial charge in [-0.2, -0.15) is 0 Å². The van der Waals surface area contributed by atoms with Gasteiger partial charge in [0.2, 0.25) is 0 Å². The summed E-state index contributed by atoms with van der Waals surface area (Å²) in [6.07, 6.45) is 0. The zero-order valence-corrected chi connectivity index (χ0v) is 18.8. The van der Waals surface area contributed by atoms with Crippen molar-refractivity contribution in [3.63, 3.8) is 0 Å². The highest BCUT2D eigenvalue weighted by atomic mass is 32.2. The SMILES string of the molecule is COc1ccc(-c2nc(SCc3ccc([N+](=O)[O-])cc3)c3c(=O)n(C)c(=O)n(C)c3n2)cc1. The molecule has 33 heavy (non-hydrogen) atoms. The van der Waals surface area contributed by atoms with E-state index in [0.717, 1.165) is 10.1 Å². The molecule has 0 aliphatic carbocycles. The van der Waals surface area contributed by atoms with Crippen LogP contribution in [0.3, 0.4) is 0 Å². The second-order valence-electron chi connectivity index (χ2n) is 7.20. The minimum Gasteiger partial charge on any atom is -0.497 e. The van der Waals surface area contributed by atoms with Crippen molar-refractivity contribution in [2.45, 2.75) is 10.8 Å². The molecule has 2 heterocycles. The van der Waals surface area contributed by atoms with Crippen LogP contribution in [0.15, 0.2) is 63.1 Å². The van der Waals surface area contributed by atoms with Crippen LogP contribution in [0.1, 0.15) is 5.56 Å². The molecule has 0 amide bonds. The highest BCUT2D eigenvalue weighted by Crippen LogP contribution is 2.29. The highest BCUT2D eigenvalue weighted by Gasteiger charge is 2.18. The van der Waals surface area contributed by atoms with Crippen LogP contribution in [-0.4, -0.2) is 31.1 Å². The number of rotatable bonds is 6. The average molecular weight is 465 g/mol. The Kier molecular flexibility index (Phi) is 5.97. The normalized spacial score (nSPS) is 11.0. The fourth-order valence-electron chi connectivity index (χ4n) is 3.27. The van der Waals surface area contributed by atoms with Crippen molar-refractivity contribution in [1.29, 1.82) is 0 Å². The molecule has 0 bridgehead atoms. The van der Waals surface area contributed by atoms with Gasteiger partial charge in [-0.15, -0.1) is 11.8 Å². The lowest BCUT2D eigenvalue weighted by molar-refractivity contribution is -0.384. The summed E-state index contributed by atoms with van der Waals surface area (Å²) in [5, 5.41) is 11.5. The Morgan fingerprint density at radius 1 is 1.00 bits per heavy atom. The smallest absolute Gasteiger partial charge is 0.332 e. The minimum atomic E-state index is -0.488. The van der Waals surface area contributed by atoms with Crippen molar-refractivity contribution < 1.29 is 9.66 Å². The van der Waals surface area contributed by atoms with Crippen molar-refractivity contribution in [2.24, 2.45) is 14.1 Å². The van der Waals surface area contributed by atoms with Crippen LogP contribution in [0.25, 0.3) is 22.4 Å². The Balaban J connectivity index is 1.83. The summed E-state index contributed by atoms with van der Waals surface area (Å²) < 4.78 is 7.54. The number of fused-ring (bicyclic) bond motifs is 1. The van der Waals surface area contributed by atoms with Crippen LogP contribution in [0.5, 0.6) is 5.75 Å². The Hall–Kier alpha value is -3.99. The first-order valence-electron chi connectivity index (χ1n) is 9.78. The van der Waals surface area contributed by atoms with Gasteiger partial charge in [-0.25, -0.2) is 14.8 Å². The number of hydrogen-bond donors (Lipinski definition) is 0. The molecule has 0 atom stereocenters. The first-order valence-corrected chi connectivity index (χ1v) is 10.8. The summed E-state index contributed by atoms with van der Waals surface area (Å²) in [6.45, 7) is 0. The molecule has 0 aliphatic heterocycles. The fraction of sp³-hybridized carbons (Fsp3) is 0.182. The maximum Gasteiger partial charge on any atom is 0.332 e. The Labute approximate surface area is 191 Å². The van der Waals surface area contributed by atoms with E-state index < -0.39 is 16.2 Å². The van der Waals surface area contributed by atoms with Gasteiger partial charge < -0.3 is 4.74 Å². The molecule has 0 saturated carbocycles. The summed E-state index contributed by atoms with van der Waals surface area (Å²) in [7, 11) is 4.53. The van der Waals surface area contributed by atoms with Gasteiger partial charge in [-0.1, -0.05) is 12.1 Å². The van der Waals surface area contributed by atoms with E-state index in [9.17, 15) is 19.7 Å². The zero-order chi connectivity index (χ0) is 23.7. The monoisotopic (exact) mass is 465 g/mol. The van der Waals surface area contributed by atoms with Gasteiger partial charge in [-0.3, -0.25) is 24.0 Å². The zero-order valence-electron chi connectivity index (χ0n) is 18.0. The van der Waals surface area contributed by atoms with Gasteiger partial charge >= 0.3 is 5.69 Å². The number of non-ortho nitro benzene ring substituents is 1. The Bertz CT molecular complexity index is 1480. The lowest BCUT2D eigenvalue weighted by Crippen LogP contribution is -2.37. The Morgan fingerprint density at radius 3 is 2.27 bits per heavy atom. The molecule has 0 N–H and O–H groups in total. The molecule has 4 aromatic rings. The van der Waals surface area contributed by atoms with Gasteiger partial charge in [0, 0.05) is 37.5 Å². The first kappa shape index (κ1) is 22.2. The molecule has 0 fully saturated rings. The van der Waals surface area contributed by atoms with Crippen LogP contribution in [-0.2, 0) is 19.8 Å². The van der Waals surface area contributed by atoms with E-state index >= 15 is 0 Å². The molecule has 0 radical (unpaired) electrons. The molecule has 0 saturated heterocycles. The van der Waals surface area contributed by atoms with E-state index in [-0.39, 0.29) is 16.7 Å². The van der Waals surface area contributed by atoms with Crippen LogP contribution >= 0.6 is 11.8 Å². The Morgan fingerprint density at radius 2 is 1.67 bits per heavy atom. The number of aromatic nitrogens is 4. The number of nitrogens with zero attached hydrogens (tertiary/aromatic N) is 5. The molecule has 2 aromatic carbocycles. The van der Waals surface area contributed by atoms with Crippen molar-refractivity contribution in [2.75, 3.05) is 7.11 Å². The summed E-state index contributed by atoms with van der Waals surface area (Å²) in [5.74, 6) is 1.45. The van der Waals surface area contributed by atoms with Crippen molar-refractivity contribution in [1.82, 2.24) is 19.1 Å². The molecule has 10 nitrogen and oxygen atoms in total. The molecule has 168 valence electrons. The molecule has 2 aromatic heterocycles. The van der Waals surface area contributed by atoms with Crippen LogP contribution in [0, 0.1) is 10.1 Å². The van der Waals surface area contributed by atoms with Gasteiger partial charge in [0.15, 0.2) is 11.5 Å². The quantitative estimate of drug-likeness (QED) is 0.184. The van der Waals surface area contributed by atoms with Crippen LogP contribution in [0.4, 0.5) is 5.69 Å². The molecule has 4 rings (SSSR count). The lowest BCUT2D eigenvalue weighted by Gasteiger charge is -2.12. The number of hydrogen-bond acceptors (Lipinski definition) is 8. The average Bonchev–Trinajstić information content (AvgIpc) is 2.84. The van der Waals surface area contributed by atoms with Crippen molar-refractivity contribution >= 4 is 28.5 Å². The number of thioether (sulfide) groups is 1. The second-order valence-corrected chi connectivity index (χ2v) is 8.16. The number of aryl methyl sites for hydroxylation is 1. The predicted molar refractivity (Wildman–Crippen MR) is 125 cm³/mol. The number of benzene rings is 2. The largest absolute Gasteiger partial charge is 0.497 e. The standard InChI is InChI=1S/C22H19N5O5S/c1-25-19-17(21(28)26(2)22(25)29)20(33-12-13-4-8-15(9-5-13)27(30)31)24-18(23-19)14-6-10-16(32-3)11-7-14/h4-11H,12H2,1-3H3. The summed E-state index contributed by atoms with van der Waals surface area (Å²) in [5.41, 5.74) is 0.781. The number of nitro groups is 1. The van der Waals surface area contributed by atoms with E-state index in [1.165, 1.54) is 35.5 Å². The van der Waals surface area contributed by atoms with E-state index in [0.29, 0.717) is 27.9 Å². The maximum atomic E-state index is 12.9. The molecular formula is C22H19N5O5S. The predicted octanol–water partition coefficient (Wildman–Crippen LogP) is 2.90. The molecular weight excluding hydrogens is 446 g/mol. The van der Waals surface area contributed by atoms with Gasteiger partial charge in [0.25, 0.3) is 11.2 Å². The van der Waals surface area contributed by atoms with Crippen LogP contribution < -0.4 is 16.0 Å². The summed E-state index contributed by atoms with van der Waals surface area (Å²) in [4.78, 5) is 45.0. The molecule has 0 unspecified atom stereocenters. The minimum absolute atomic E-state index is 0.00176.